The number of aliphatic hydroxyl groups excluding tert-OH is 1. The molecule has 0 radical (unpaired) electrons. The monoisotopic (exact) mass is 295 g/mol. The van der Waals surface area contributed by atoms with E-state index < -0.39 is 17.5 Å². The molecule has 114 valence electrons. The Morgan fingerprint density at radius 1 is 1.19 bits per heavy atom. The van der Waals surface area contributed by atoms with Gasteiger partial charge in [-0.3, -0.25) is 4.79 Å². The highest BCUT2D eigenvalue weighted by atomic mass is 19.1. The van der Waals surface area contributed by atoms with E-state index in [0.29, 0.717) is 6.54 Å². The van der Waals surface area contributed by atoms with Crippen molar-refractivity contribution in [1.29, 1.82) is 0 Å². The quantitative estimate of drug-likeness (QED) is 0.911. The summed E-state index contributed by atoms with van der Waals surface area (Å²) in [6.07, 6.45) is 3.98. The van der Waals surface area contributed by atoms with E-state index in [1.54, 1.807) is 4.90 Å². The number of likely N-dealkylation sites (tertiary alicyclic amines) is 1. The maximum Gasteiger partial charge on any atom is 0.257 e. The summed E-state index contributed by atoms with van der Waals surface area (Å²) < 4.78 is 26.8. The van der Waals surface area contributed by atoms with Crippen molar-refractivity contribution in [1.82, 2.24) is 4.90 Å². The highest BCUT2D eigenvalue weighted by Crippen LogP contribution is 2.36. The fourth-order valence-electron chi connectivity index (χ4n) is 3.73. The Bertz CT molecular complexity index is 549. The molecule has 0 spiro atoms. The van der Waals surface area contributed by atoms with Gasteiger partial charge in [0.2, 0.25) is 0 Å². The molecule has 1 N–H and O–H groups in total. The van der Waals surface area contributed by atoms with Gasteiger partial charge >= 0.3 is 0 Å². The van der Waals surface area contributed by atoms with Crippen molar-refractivity contribution in [2.75, 3.05) is 6.54 Å². The minimum atomic E-state index is -0.822. The van der Waals surface area contributed by atoms with E-state index >= 15 is 0 Å². The Balaban J connectivity index is 1.82. The first-order chi connectivity index (χ1) is 10.1. The minimum Gasteiger partial charge on any atom is -0.393 e. The summed E-state index contributed by atoms with van der Waals surface area (Å²) >= 11 is 0. The van der Waals surface area contributed by atoms with Crippen molar-refractivity contribution in [2.45, 2.75) is 44.2 Å². The molecule has 0 aromatic heterocycles. The Hall–Kier alpha value is -1.49. The number of amides is 1. The fraction of sp³-hybridized carbons (Fsp3) is 0.562. The van der Waals surface area contributed by atoms with Crippen LogP contribution in [0.15, 0.2) is 18.2 Å². The molecule has 1 aliphatic carbocycles. The third-order valence-electron chi connectivity index (χ3n) is 4.75. The van der Waals surface area contributed by atoms with Gasteiger partial charge in [0.25, 0.3) is 5.91 Å². The molecule has 21 heavy (non-hydrogen) atoms. The van der Waals surface area contributed by atoms with E-state index in [2.05, 4.69) is 0 Å². The maximum atomic E-state index is 13.8. The van der Waals surface area contributed by atoms with Gasteiger partial charge in [-0.15, -0.1) is 0 Å². The largest absolute Gasteiger partial charge is 0.393 e. The summed E-state index contributed by atoms with van der Waals surface area (Å²) in [6, 6.07) is 3.02. The number of halogens is 2. The molecule has 3 nitrogen and oxygen atoms in total. The summed E-state index contributed by atoms with van der Waals surface area (Å²) in [5.41, 5.74) is -0.0872. The van der Waals surface area contributed by atoms with Crippen LogP contribution in [0, 0.1) is 17.6 Å². The smallest absolute Gasteiger partial charge is 0.257 e. The van der Waals surface area contributed by atoms with Crippen LogP contribution in [-0.2, 0) is 0 Å². The van der Waals surface area contributed by atoms with Crippen LogP contribution in [0.2, 0.25) is 0 Å². The van der Waals surface area contributed by atoms with Crippen LogP contribution in [0.25, 0.3) is 0 Å². The van der Waals surface area contributed by atoms with Gasteiger partial charge in [-0.2, -0.15) is 0 Å². The zero-order valence-corrected chi connectivity index (χ0v) is 11.8. The topological polar surface area (TPSA) is 40.5 Å². The second kappa shape index (κ2) is 5.72. The summed E-state index contributed by atoms with van der Waals surface area (Å²) in [6.45, 7) is 0.573. The lowest BCUT2D eigenvalue weighted by atomic mass is 9.93. The molecule has 1 saturated heterocycles. The zero-order chi connectivity index (χ0) is 15.0. The van der Waals surface area contributed by atoms with Gasteiger partial charge in [-0.1, -0.05) is 6.42 Å². The zero-order valence-electron chi connectivity index (χ0n) is 11.8. The molecule has 3 rings (SSSR count). The molecule has 3 unspecified atom stereocenters. The average molecular weight is 295 g/mol. The van der Waals surface area contributed by atoms with Gasteiger partial charge in [0.1, 0.15) is 11.6 Å². The number of hydrogen-bond donors (Lipinski definition) is 1. The fourth-order valence-corrected chi connectivity index (χ4v) is 3.73. The van der Waals surface area contributed by atoms with Crippen LogP contribution in [0.1, 0.15) is 42.5 Å². The highest BCUT2D eigenvalue weighted by Gasteiger charge is 2.40. The lowest BCUT2D eigenvalue weighted by molar-refractivity contribution is 0.0524. The van der Waals surface area contributed by atoms with E-state index in [9.17, 15) is 18.7 Å². The Kier molecular flexibility index (Phi) is 3.93. The van der Waals surface area contributed by atoms with Crippen LogP contribution in [0.3, 0.4) is 0 Å². The molecule has 3 atom stereocenters. The van der Waals surface area contributed by atoms with Crippen molar-refractivity contribution in [3.63, 3.8) is 0 Å². The summed E-state index contributed by atoms with van der Waals surface area (Å²) in [5, 5.41) is 10.0. The second-order valence-electron chi connectivity index (χ2n) is 5.99. The van der Waals surface area contributed by atoms with Gasteiger partial charge in [-0.05, 0) is 37.8 Å². The molecule has 1 aliphatic heterocycles. The van der Waals surface area contributed by atoms with Gasteiger partial charge in [-0.25, -0.2) is 8.78 Å². The van der Waals surface area contributed by atoms with Gasteiger partial charge in [0.15, 0.2) is 0 Å². The number of nitrogens with zero attached hydrogens (tertiary/aromatic N) is 1. The Morgan fingerprint density at radius 2 is 2.00 bits per heavy atom. The number of carbonyl (C=O) groups excluding carboxylic acids is 1. The first-order valence-electron chi connectivity index (χ1n) is 7.52. The van der Waals surface area contributed by atoms with Crippen LogP contribution in [0.4, 0.5) is 8.78 Å². The standard InChI is InChI=1S/C16H19F2NO2/c17-10-6-7-11(13(18)9-10)16(21)19-8-2-4-14(19)12-3-1-5-15(12)20/h6-7,9,12,14-15,20H,1-5,8H2. The minimum absolute atomic E-state index is 0.0283. The van der Waals surface area contributed by atoms with Crippen molar-refractivity contribution >= 4 is 5.91 Å². The molecule has 1 aromatic carbocycles. The molecular weight excluding hydrogens is 276 g/mol. The van der Waals surface area contributed by atoms with Gasteiger partial charge < -0.3 is 10.0 Å². The van der Waals surface area contributed by atoms with E-state index in [4.69, 9.17) is 0 Å². The van der Waals surface area contributed by atoms with Gasteiger partial charge in [0, 0.05) is 24.6 Å². The number of rotatable bonds is 2. The van der Waals surface area contributed by atoms with Crippen LogP contribution in [0.5, 0.6) is 0 Å². The number of aliphatic hydroxyl groups is 1. The van der Waals surface area contributed by atoms with Crippen molar-refractivity contribution < 1.29 is 18.7 Å². The Labute approximate surface area is 122 Å². The van der Waals surface area contributed by atoms with Gasteiger partial charge in [0.05, 0.1) is 11.7 Å². The van der Waals surface area contributed by atoms with Crippen molar-refractivity contribution in [2.24, 2.45) is 5.92 Å². The van der Waals surface area contributed by atoms with Crippen LogP contribution < -0.4 is 0 Å². The van der Waals surface area contributed by atoms with E-state index in [1.165, 1.54) is 6.07 Å². The third kappa shape index (κ3) is 2.67. The number of benzene rings is 1. The molecule has 1 saturated carbocycles. The number of carbonyl (C=O) groups is 1. The third-order valence-corrected chi connectivity index (χ3v) is 4.75. The molecular formula is C16H19F2NO2. The molecule has 1 heterocycles. The second-order valence-corrected chi connectivity index (χ2v) is 5.99. The Morgan fingerprint density at radius 3 is 2.67 bits per heavy atom. The predicted octanol–water partition coefficient (Wildman–Crippen LogP) is 2.73. The summed E-state index contributed by atoms with van der Waals surface area (Å²) in [5.74, 6) is -1.82. The lowest BCUT2D eigenvalue weighted by Crippen LogP contribution is -2.42. The van der Waals surface area contributed by atoms with Crippen LogP contribution >= 0.6 is 0 Å². The normalized spacial score (nSPS) is 29.1. The highest BCUT2D eigenvalue weighted by molar-refractivity contribution is 5.94. The first kappa shape index (κ1) is 14.4. The van der Waals surface area contributed by atoms with E-state index in [-0.39, 0.29) is 23.6 Å². The molecule has 1 aromatic rings. The number of hydrogen-bond acceptors (Lipinski definition) is 2. The predicted molar refractivity (Wildman–Crippen MR) is 73.8 cm³/mol. The molecule has 2 fully saturated rings. The van der Waals surface area contributed by atoms with Crippen molar-refractivity contribution in [3.8, 4) is 0 Å². The molecule has 1 amide bonds. The van der Waals surface area contributed by atoms with Crippen molar-refractivity contribution in [3.05, 3.63) is 35.4 Å². The molecule has 0 bridgehead atoms. The summed E-state index contributed by atoms with van der Waals surface area (Å²) in [7, 11) is 0. The lowest BCUT2D eigenvalue weighted by Gasteiger charge is -2.31. The first-order valence-corrected chi connectivity index (χ1v) is 7.52. The SMILES string of the molecule is O=C(c1ccc(F)cc1F)N1CCCC1C1CCCC1O. The van der Waals surface area contributed by atoms with E-state index in [1.807, 2.05) is 0 Å². The van der Waals surface area contributed by atoms with E-state index in [0.717, 1.165) is 44.2 Å². The molecule has 5 heteroatoms. The molecule has 2 aliphatic rings. The maximum absolute atomic E-state index is 13.8. The average Bonchev–Trinajstić information content (AvgIpc) is 3.06. The summed E-state index contributed by atoms with van der Waals surface area (Å²) in [4.78, 5) is 14.2. The van der Waals surface area contributed by atoms with Crippen LogP contribution in [-0.4, -0.2) is 34.6 Å².